The van der Waals surface area contributed by atoms with E-state index in [9.17, 15) is 15.2 Å². The van der Waals surface area contributed by atoms with Crippen LogP contribution in [0.15, 0.2) is 12.1 Å². The normalized spacial score (nSPS) is 16.5. The van der Waals surface area contributed by atoms with Crippen LogP contribution < -0.4 is 9.64 Å². The van der Waals surface area contributed by atoms with E-state index in [0.29, 0.717) is 17.2 Å². The molecule has 0 atom stereocenters. The maximum Gasteiger partial charge on any atom is 0.315 e. The molecule has 1 aromatic carbocycles. The van der Waals surface area contributed by atoms with Crippen LogP contribution in [0.25, 0.3) is 11.3 Å². The number of phenols is 1. The number of aromatic hydroxyl groups is 1. The smallest absolute Gasteiger partial charge is 0.315 e. The molecule has 0 unspecified atom stereocenters. The van der Waals surface area contributed by atoms with E-state index in [-0.39, 0.29) is 11.4 Å². The second-order valence-electron chi connectivity index (χ2n) is 5.90. The molecular weight excluding hydrogens is 300 g/mol. The number of hydrogen-bond acceptors (Lipinski definition) is 6. The van der Waals surface area contributed by atoms with Crippen LogP contribution in [0.2, 0.25) is 0 Å². The van der Waals surface area contributed by atoms with Crippen molar-refractivity contribution in [3.63, 3.8) is 0 Å². The predicted molar refractivity (Wildman–Crippen MR) is 83.1 cm³/mol. The number of nitrogens with zero attached hydrogens (tertiary/aromatic N) is 3. The molecule has 3 aliphatic heterocycles. The molecule has 5 rings (SSSR count). The number of nitrogens with one attached hydrogen (secondary N) is 1. The van der Waals surface area contributed by atoms with Gasteiger partial charge in [0.1, 0.15) is 5.69 Å². The SMILES string of the molecule is COc1cc(-c2n[nH]c3c2N2CCC3CC2)cc([N+](=O)[O-])c1O. The number of benzene rings is 1. The molecule has 2 N–H and O–H groups in total. The summed E-state index contributed by atoms with van der Waals surface area (Å²) in [5.41, 5.74) is 2.98. The van der Waals surface area contributed by atoms with Crippen molar-refractivity contribution in [1.82, 2.24) is 10.2 Å². The Bertz CT molecular complexity index is 793. The van der Waals surface area contributed by atoms with Crippen molar-refractivity contribution in [2.45, 2.75) is 18.8 Å². The molecule has 1 aromatic heterocycles. The van der Waals surface area contributed by atoms with Gasteiger partial charge in [0.2, 0.25) is 5.75 Å². The molecular formula is C15H16N4O4. The van der Waals surface area contributed by atoms with Gasteiger partial charge in [0, 0.05) is 30.6 Å². The third-order valence-corrected chi connectivity index (χ3v) is 4.73. The van der Waals surface area contributed by atoms with E-state index in [4.69, 9.17) is 4.74 Å². The molecule has 0 radical (unpaired) electrons. The van der Waals surface area contributed by atoms with Crippen molar-refractivity contribution in [2.24, 2.45) is 0 Å². The molecule has 23 heavy (non-hydrogen) atoms. The van der Waals surface area contributed by atoms with Gasteiger partial charge in [-0.2, -0.15) is 5.10 Å². The molecule has 0 aliphatic carbocycles. The number of anilines is 1. The van der Waals surface area contributed by atoms with Crippen molar-refractivity contribution >= 4 is 11.4 Å². The minimum Gasteiger partial charge on any atom is -0.500 e. The van der Waals surface area contributed by atoms with Crippen LogP contribution in [0.4, 0.5) is 11.4 Å². The van der Waals surface area contributed by atoms with E-state index >= 15 is 0 Å². The van der Waals surface area contributed by atoms with Gasteiger partial charge in [0.05, 0.1) is 23.4 Å². The van der Waals surface area contributed by atoms with Gasteiger partial charge < -0.3 is 14.7 Å². The zero-order chi connectivity index (χ0) is 16.1. The third kappa shape index (κ3) is 1.94. The Morgan fingerprint density at radius 2 is 2.17 bits per heavy atom. The van der Waals surface area contributed by atoms with Crippen molar-refractivity contribution in [3.8, 4) is 22.8 Å². The largest absolute Gasteiger partial charge is 0.500 e. The number of fused-ring (bicyclic) bond motifs is 2. The highest BCUT2D eigenvalue weighted by molar-refractivity contribution is 5.82. The lowest BCUT2D eigenvalue weighted by Gasteiger charge is -2.40. The Morgan fingerprint density at radius 3 is 2.83 bits per heavy atom. The molecule has 2 aromatic rings. The van der Waals surface area contributed by atoms with E-state index in [2.05, 4.69) is 15.1 Å². The van der Waals surface area contributed by atoms with Gasteiger partial charge in [-0.3, -0.25) is 15.2 Å². The molecule has 4 heterocycles. The number of ether oxygens (including phenoxy) is 1. The van der Waals surface area contributed by atoms with Crippen LogP contribution in [0.5, 0.6) is 11.5 Å². The van der Waals surface area contributed by atoms with Crippen LogP contribution in [0, 0.1) is 10.1 Å². The molecule has 3 aliphatic rings. The summed E-state index contributed by atoms with van der Waals surface area (Å²) in [6.07, 6.45) is 2.21. The molecule has 0 spiro atoms. The maximum absolute atomic E-state index is 11.2. The fraction of sp³-hybridized carbons (Fsp3) is 0.400. The van der Waals surface area contributed by atoms with Gasteiger partial charge in [-0.1, -0.05) is 0 Å². The van der Waals surface area contributed by atoms with Crippen molar-refractivity contribution in [1.29, 1.82) is 0 Å². The number of aromatic nitrogens is 2. The molecule has 1 saturated heterocycles. The second-order valence-corrected chi connectivity index (χ2v) is 5.90. The quantitative estimate of drug-likeness (QED) is 0.665. The highest BCUT2D eigenvalue weighted by atomic mass is 16.6. The zero-order valence-electron chi connectivity index (χ0n) is 12.6. The van der Waals surface area contributed by atoms with Crippen LogP contribution >= 0.6 is 0 Å². The van der Waals surface area contributed by atoms with Crippen LogP contribution in [-0.2, 0) is 0 Å². The lowest BCUT2D eigenvalue weighted by Crippen LogP contribution is -2.38. The second kappa shape index (κ2) is 4.87. The first kappa shape index (κ1) is 13.9. The number of nitro benzene ring substituents is 1. The molecule has 8 heteroatoms. The van der Waals surface area contributed by atoms with Crippen LogP contribution in [0.1, 0.15) is 24.5 Å². The fourth-order valence-corrected chi connectivity index (χ4v) is 3.57. The monoisotopic (exact) mass is 316 g/mol. The summed E-state index contributed by atoms with van der Waals surface area (Å²) in [7, 11) is 1.37. The number of nitro groups is 1. The maximum atomic E-state index is 11.2. The molecule has 1 fully saturated rings. The standard InChI is InChI=1S/C15H16N4O4/c1-23-11-7-9(6-10(15(11)20)19(21)22)13-14-12(16-17-13)8-2-4-18(14)5-3-8/h6-8,20H,2-5H2,1H3,(H,16,17). The van der Waals surface area contributed by atoms with Crippen LogP contribution in [0.3, 0.4) is 0 Å². The number of methoxy groups -OCH3 is 1. The number of piperidine rings is 1. The topological polar surface area (TPSA) is 105 Å². The summed E-state index contributed by atoms with van der Waals surface area (Å²) < 4.78 is 5.07. The first-order valence-electron chi connectivity index (χ1n) is 7.49. The highest BCUT2D eigenvalue weighted by Gasteiger charge is 2.36. The summed E-state index contributed by atoms with van der Waals surface area (Å²) >= 11 is 0. The lowest BCUT2D eigenvalue weighted by atomic mass is 9.86. The Kier molecular flexibility index (Phi) is 2.93. The summed E-state index contributed by atoms with van der Waals surface area (Å²) in [5, 5.41) is 28.6. The number of aromatic amines is 1. The lowest BCUT2D eigenvalue weighted by molar-refractivity contribution is -0.385. The van der Waals surface area contributed by atoms with Gasteiger partial charge in [0.25, 0.3) is 0 Å². The highest BCUT2D eigenvalue weighted by Crippen LogP contribution is 2.48. The van der Waals surface area contributed by atoms with Gasteiger partial charge in [-0.15, -0.1) is 0 Å². The average molecular weight is 316 g/mol. The first-order valence-corrected chi connectivity index (χ1v) is 7.49. The summed E-state index contributed by atoms with van der Waals surface area (Å²) in [5.74, 6) is 0.0830. The Labute approximate surface area is 131 Å². The summed E-state index contributed by atoms with van der Waals surface area (Å²) in [6.45, 7) is 1.95. The van der Waals surface area contributed by atoms with E-state index in [0.717, 1.165) is 37.3 Å². The minimum absolute atomic E-state index is 0.0712. The molecule has 0 saturated carbocycles. The van der Waals surface area contributed by atoms with E-state index in [1.165, 1.54) is 13.2 Å². The van der Waals surface area contributed by atoms with Crippen molar-refractivity contribution in [3.05, 3.63) is 27.9 Å². The van der Waals surface area contributed by atoms with Gasteiger partial charge in [-0.05, 0) is 18.9 Å². The van der Waals surface area contributed by atoms with Crippen LogP contribution in [-0.4, -0.2) is 40.4 Å². The molecule has 2 bridgehead atoms. The molecule has 0 amide bonds. The zero-order valence-corrected chi connectivity index (χ0v) is 12.6. The summed E-state index contributed by atoms with van der Waals surface area (Å²) in [4.78, 5) is 12.8. The van der Waals surface area contributed by atoms with Gasteiger partial charge >= 0.3 is 5.69 Å². The number of rotatable bonds is 3. The average Bonchev–Trinajstić information content (AvgIpc) is 3.03. The number of H-pyrrole nitrogens is 1. The fourth-order valence-electron chi connectivity index (χ4n) is 3.57. The molecule has 8 nitrogen and oxygen atoms in total. The molecule has 120 valence electrons. The Hall–Kier alpha value is -2.77. The van der Waals surface area contributed by atoms with Crippen molar-refractivity contribution < 1.29 is 14.8 Å². The van der Waals surface area contributed by atoms with Gasteiger partial charge in [-0.25, -0.2) is 0 Å². The number of hydrogen-bond donors (Lipinski definition) is 2. The number of phenolic OH excluding ortho intramolecular Hbond substituents is 1. The third-order valence-electron chi connectivity index (χ3n) is 4.73. The van der Waals surface area contributed by atoms with Gasteiger partial charge in [0.15, 0.2) is 5.75 Å². The van der Waals surface area contributed by atoms with Crippen molar-refractivity contribution in [2.75, 3.05) is 25.1 Å². The first-order chi connectivity index (χ1) is 11.1. The summed E-state index contributed by atoms with van der Waals surface area (Å²) in [6, 6.07) is 2.93. The Morgan fingerprint density at radius 1 is 1.43 bits per heavy atom. The predicted octanol–water partition coefficient (Wildman–Crippen LogP) is 2.40. The Balaban J connectivity index is 1.90. The van der Waals surface area contributed by atoms with E-state index < -0.39 is 10.7 Å². The van der Waals surface area contributed by atoms with E-state index in [1.807, 2.05) is 0 Å². The minimum atomic E-state index is -0.618. The van der Waals surface area contributed by atoms with E-state index in [1.54, 1.807) is 6.07 Å².